The van der Waals surface area contributed by atoms with Crippen LogP contribution in [0.2, 0.25) is 0 Å². The summed E-state index contributed by atoms with van der Waals surface area (Å²) in [6, 6.07) is -0.542. The van der Waals surface area contributed by atoms with E-state index in [4.69, 9.17) is 5.11 Å². The summed E-state index contributed by atoms with van der Waals surface area (Å²) in [5, 5.41) is 11.6. The summed E-state index contributed by atoms with van der Waals surface area (Å²) in [6.45, 7) is 3.65. The summed E-state index contributed by atoms with van der Waals surface area (Å²) in [5.74, 6) is -0.828. The van der Waals surface area contributed by atoms with Gasteiger partial charge in [-0.2, -0.15) is 0 Å². The van der Waals surface area contributed by atoms with E-state index in [0.29, 0.717) is 0 Å². The molecule has 0 aromatic rings. The molecular weight excluding hydrogens is 142 g/mol. The van der Waals surface area contributed by atoms with Crippen LogP contribution in [0.25, 0.3) is 0 Å². The zero-order valence-electron chi connectivity index (χ0n) is 6.59. The van der Waals surface area contributed by atoms with Gasteiger partial charge in [0.15, 0.2) is 0 Å². The van der Waals surface area contributed by atoms with E-state index in [1.165, 1.54) is 0 Å². The van der Waals surface area contributed by atoms with Gasteiger partial charge < -0.3 is 10.4 Å². The lowest BCUT2D eigenvalue weighted by atomic mass is 10.1. The van der Waals surface area contributed by atoms with Gasteiger partial charge in [-0.05, 0) is 25.5 Å². The number of rotatable bonds is 1. The maximum atomic E-state index is 10.6. The number of dihydropyridines is 1. The molecule has 0 radical (unpaired) electrons. The Hall–Kier alpha value is -1.25. The average Bonchev–Trinajstić information content (AvgIpc) is 1.94. The molecule has 0 saturated carbocycles. The first-order chi connectivity index (χ1) is 5.11. The maximum Gasteiger partial charge on any atom is 0.330 e. The van der Waals surface area contributed by atoms with Crippen molar-refractivity contribution in [2.24, 2.45) is 0 Å². The van der Waals surface area contributed by atoms with Crippen molar-refractivity contribution in [1.29, 1.82) is 0 Å². The number of carbonyl (C=O) groups is 1. The fourth-order valence-corrected chi connectivity index (χ4v) is 0.999. The largest absolute Gasteiger partial charge is 0.479 e. The van der Waals surface area contributed by atoms with Crippen LogP contribution < -0.4 is 5.32 Å². The van der Waals surface area contributed by atoms with Crippen molar-refractivity contribution >= 4 is 5.97 Å². The number of hydrogen-bond donors (Lipinski definition) is 2. The quantitative estimate of drug-likeness (QED) is 0.588. The normalized spacial score (nSPS) is 23.3. The number of aliphatic carboxylic acids is 1. The van der Waals surface area contributed by atoms with Gasteiger partial charge >= 0.3 is 5.97 Å². The molecular formula is C8H11NO2. The monoisotopic (exact) mass is 153 g/mol. The van der Waals surface area contributed by atoms with Crippen LogP contribution in [0.5, 0.6) is 0 Å². The molecule has 11 heavy (non-hydrogen) atoms. The molecule has 60 valence electrons. The number of hydrogen-bond acceptors (Lipinski definition) is 2. The molecule has 3 heteroatoms. The minimum absolute atomic E-state index is 0.542. The Bertz CT molecular complexity index is 240. The van der Waals surface area contributed by atoms with E-state index in [1.807, 2.05) is 19.1 Å². The van der Waals surface area contributed by atoms with Crippen molar-refractivity contribution < 1.29 is 9.90 Å². The fraction of sp³-hybridized carbons (Fsp3) is 0.375. The van der Waals surface area contributed by atoms with Crippen LogP contribution in [-0.2, 0) is 4.79 Å². The number of carboxylic acids is 1. The molecule has 1 aliphatic heterocycles. The minimum atomic E-state index is -0.828. The zero-order chi connectivity index (χ0) is 8.43. The number of nitrogens with one attached hydrogen (secondary N) is 1. The highest BCUT2D eigenvalue weighted by Crippen LogP contribution is 2.09. The van der Waals surface area contributed by atoms with E-state index in [0.717, 1.165) is 11.3 Å². The summed E-state index contributed by atoms with van der Waals surface area (Å²) < 4.78 is 0. The molecule has 1 heterocycles. The van der Waals surface area contributed by atoms with E-state index in [2.05, 4.69) is 5.32 Å². The van der Waals surface area contributed by atoms with E-state index in [9.17, 15) is 4.79 Å². The zero-order valence-corrected chi connectivity index (χ0v) is 6.59. The molecule has 0 amide bonds. The van der Waals surface area contributed by atoms with Gasteiger partial charge in [0.1, 0.15) is 6.04 Å². The third-order valence-corrected chi connectivity index (χ3v) is 1.67. The van der Waals surface area contributed by atoms with Crippen LogP contribution in [0, 0.1) is 0 Å². The molecule has 1 atom stereocenters. The van der Waals surface area contributed by atoms with Gasteiger partial charge in [0.25, 0.3) is 0 Å². The fourth-order valence-electron chi connectivity index (χ4n) is 0.999. The third kappa shape index (κ3) is 1.61. The van der Waals surface area contributed by atoms with Crippen LogP contribution in [0.4, 0.5) is 0 Å². The summed E-state index contributed by atoms with van der Waals surface area (Å²) in [5.41, 5.74) is 1.73. The Kier molecular flexibility index (Phi) is 1.98. The van der Waals surface area contributed by atoms with Crippen LogP contribution in [0.15, 0.2) is 23.4 Å². The Morgan fingerprint density at radius 1 is 1.55 bits per heavy atom. The molecule has 0 aliphatic carbocycles. The molecule has 0 fully saturated rings. The summed E-state index contributed by atoms with van der Waals surface area (Å²) >= 11 is 0. The van der Waals surface area contributed by atoms with Crippen LogP contribution in [-0.4, -0.2) is 17.1 Å². The minimum Gasteiger partial charge on any atom is -0.479 e. The van der Waals surface area contributed by atoms with Gasteiger partial charge in [0, 0.05) is 5.70 Å². The van der Waals surface area contributed by atoms with Crippen LogP contribution >= 0.6 is 0 Å². The second kappa shape index (κ2) is 2.78. The van der Waals surface area contributed by atoms with Crippen molar-refractivity contribution in [3.05, 3.63) is 23.4 Å². The molecule has 0 saturated heterocycles. The lowest BCUT2D eigenvalue weighted by molar-refractivity contribution is -0.138. The van der Waals surface area contributed by atoms with E-state index in [-0.39, 0.29) is 0 Å². The highest BCUT2D eigenvalue weighted by atomic mass is 16.4. The average molecular weight is 153 g/mol. The van der Waals surface area contributed by atoms with Crippen molar-refractivity contribution in [3.63, 3.8) is 0 Å². The van der Waals surface area contributed by atoms with Gasteiger partial charge in [-0.15, -0.1) is 0 Å². The first-order valence-corrected chi connectivity index (χ1v) is 3.45. The standard InChI is InChI=1S/C8H11NO2/c1-5-3-4-6(2)9-7(5)8(10)11/h3-4,7,9H,1-2H3,(H,10,11). The van der Waals surface area contributed by atoms with E-state index in [1.54, 1.807) is 6.92 Å². The van der Waals surface area contributed by atoms with Crippen molar-refractivity contribution in [1.82, 2.24) is 5.32 Å². The Balaban J connectivity index is 2.81. The summed E-state index contributed by atoms with van der Waals surface area (Å²) in [7, 11) is 0. The molecule has 2 N–H and O–H groups in total. The number of allylic oxidation sites excluding steroid dienone is 3. The van der Waals surface area contributed by atoms with Gasteiger partial charge in [0.2, 0.25) is 0 Å². The smallest absolute Gasteiger partial charge is 0.330 e. The molecule has 1 unspecified atom stereocenters. The summed E-state index contributed by atoms with van der Waals surface area (Å²) in [4.78, 5) is 10.6. The molecule has 0 spiro atoms. The third-order valence-electron chi connectivity index (χ3n) is 1.67. The maximum absolute atomic E-state index is 10.6. The van der Waals surface area contributed by atoms with Crippen molar-refractivity contribution in [3.8, 4) is 0 Å². The second-order valence-electron chi connectivity index (χ2n) is 2.68. The van der Waals surface area contributed by atoms with Gasteiger partial charge in [-0.3, -0.25) is 0 Å². The topological polar surface area (TPSA) is 49.3 Å². The molecule has 0 bridgehead atoms. The number of carboxylic acid groups (broad SMARTS) is 1. The van der Waals surface area contributed by atoms with Crippen LogP contribution in [0.3, 0.4) is 0 Å². The highest BCUT2D eigenvalue weighted by Gasteiger charge is 2.20. The van der Waals surface area contributed by atoms with Gasteiger partial charge in [-0.1, -0.05) is 6.08 Å². The molecule has 1 rings (SSSR count). The predicted octanol–water partition coefficient (Wildman–Crippen LogP) is 0.893. The molecule has 0 aromatic carbocycles. The van der Waals surface area contributed by atoms with E-state index >= 15 is 0 Å². The first-order valence-electron chi connectivity index (χ1n) is 3.45. The lowest BCUT2D eigenvalue weighted by Gasteiger charge is -2.19. The van der Waals surface area contributed by atoms with Crippen molar-refractivity contribution in [2.75, 3.05) is 0 Å². The Labute approximate surface area is 65.4 Å². The van der Waals surface area contributed by atoms with E-state index < -0.39 is 12.0 Å². The molecule has 3 nitrogen and oxygen atoms in total. The molecule has 1 aliphatic rings. The van der Waals surface area contributed by atoms with Crippen LogP contribution in [0.1, 0.15) is 13.8 Å². The lowest BCUT2D eigenvalue weighted by Crippen LogP contribution is -2.37. The highest BCUT2D eigenvalue weighted by molar-refractivity contribution is 5.78. The Morgan fingerprint density at radius 3 is 2.64 bits per heavy atom. The Morgan fingerprint density at radius 2 is 2.18 bits per heavy atom. The first kappa shape index (κ1) is 7.85. The van der Waals surface area contributed by atoms with Gasteiger partial charge in [0.05, 0.1) is 0 Å². The summed E-state index contributed by atoms with van der Waals surface area (Å²) in [6.07, 6.45) is 3.69. The molecule has 0 aromatic heterocycles. The van der Waals surface area contributed by atoms with Crippen molar-refractivity contribution in [2.45, 2.75) is 19.9 Å². The second-order valence-corrected chi connectivity index (χ2v) is 2.68. The van der Waals surface area contributed by atoms with Gasteiger partial charge in [-0.25, -0.2) is 4.79 Å². The SMILES string of the molecule is CC1=CC=C(C)C(C(=O)O)N1. The predicted molar refractivity (Wildman–Crippen MR) is 42.1 cm³/mol.